The van der Waals surface area contributed by atoms with Crippen LogP contribution >= 0.6 is 0 Å². The molecule has 0 saturated carbocycles. The number of carbonyl (C=O) groups excluding carboxylic acids is 2. The molecule has 2 aromatic carbocycles. The highest BCUT2D eigenvalue weighted by atomic mass is 16.5. The number of ether oxygens (including phenoxy) is 2. The quantitative estimate of drug-likeness (QED) is 0.586. The van der Waals surface area contributed by atoms with E-state index in [4.69, 9.17) is 13.9 Å². The van der Waals surface area contributed by atoms with Crippen LogP contribution in [0.15, 0.2) is 77.2 Å². The standard InChI is InChI=1S/C21H20N2O5/c24-20(13-14-26-16-7-3-1-4-8-16)22-23-21(25)19-12-11-18(28-19)15-27-17-9-5-2-6-10-17/h1-12H,13-15H2,(H,22,24)(H,23,25). The van der Waals surface area contributed by atoms with E-state index in [0.29, 0.717) is 17.3 Å². The van der Waals surface area contributed by atoms with Crippen molar-refractivity contribution in [3.8, 4) is 11.5 Å². The molecule has 7 heteroatoms. The van der Waals surface area contributed by atoms with E-state index >= 15 is 0 Å². The van der Waals surface area contributed by atoms with E-state index in [1.165, 1.54) is 6.07 Å². The van der Waals surface area contributed by atoms with Gasteiger partial charge in [0.1, 0.15) is 23.9 Å². The van der Waals surface area contributed by atoms with Crippen molar-refractivity contribution < 1.29 is 23.5 Å². The maximum atomic E-state index is 12.0. The zero-order chi connectivity index (χ0) is 19.6. The molecule has 0 aliphatic rings. The van der Waals surface area contributed by atoms with Gasteiger partial charge in [-0.2, -0.15) is 0 Å². The van der Waals surface area contributed by atoms with Crippen LogP contribution in [0.5, 0.6) is 11.5 Å². The molecule has 0 fully saturated rings. The van der Waals surface area contributed by atoms with Gasteiger partial charge in [0.05, 0.1) is 13.0 Å². The summed E-state index contributed by atoms with van der Waals surface area (Å²) in [5.41, 5.74) is 4.63. The summed E-state index contributed by atoms with van der Waals surface area (Å²) in [5, 5.41) is 0. The van der Waals surface area contributed by atoms with Crippen molar-refractivity contribution in [3.05, 3.63) is 84.3 Å². The number of hydrogen-bond donors (Lipinski definition) is 2. The largest absolute Gasteiger partial charge is 0.493 e. The number of rotatable bonds is 8. The maximum Gasteiger partial charge on any atom is 0.305 e. The lowest BCUT2D eigenvalue weighted by molar-refractivity contribution is -0.122. The Hall–Kier alpha value is -3.74. The lowest BCUT2D eigenvalue weighted by atomic mass is 10.3. The molecule has 1 heterocycles. The first-order valence-electron chi connectivity index (χ1n) is 8.74. The van der Waals surface area contributed by atoms with Crippen molar-refractivity contribution in [3.63, 3.8) is 0 Å². The molecule has 2 amide bonds. The Balaban J connectivity index is 1.37. The van der Waals surface area contributed by atoms with Crippen molar-refractivity contribution in [2.24, 2.45) is 0 Å². The smallest absolute Gasteiger partial charge is 0.305 e. The van der Waals surface area contributed by atoms with Gasteiger partial charge in [0, 0.05) is 0 Å². The average molecular weight is 380 g/mol. The van der Waals surface area contributed by atoms with Crippen LogP contribution in [0.25, 0.3) is 0 Å². The molecule has 0 atom stereocenters. The predicted molar refractivity (Wildman–Crippen MR) is 102 cm³/mol. The van der Waals surface area contributed by atoms with Crippen molar-refractivity contribution >= 4 is 11.8 Å². The van der Waals surface area contributed by atoms with E-state index in [1.807, 2.05) is 48.5 Å². The number of para-hydroxylation sites is 2. The molecule has 1 aromatic heterocycles. The van der Waals surface area contributed by atoms with Gasteiger partial charge in [-0.3, -0.25) is 20.4 Å². The second kappa shape index (κ2) is 9.82. The van der Waals surface area contributed by atoms with Gasteiger partial charge in [-0.1, -0.05) is 36.4 Å². The third-order valence-electron chi connectivity index (χ3n) is 3.67. The molecule has 0 aliphatic carbocycles. The molecular weight excluding hydrogens is 360 g/mol. The number of furan rings is 1. The van der Waals surface area contributed by atoms with Crippen LogP contribution in [0.1, 0.15) is 22.7 Å². The summed E-state index contributed by atoms with van der Waals surface area (Å²) in [7, 11) is 0. The van der Waals surface area contributed by atoms with Crippen molar-refractivity contribution in [2.75, 3.05) is 6.61 Å². The second-order valence-electron chi connectivity index (χ2n) is 5.78. The average Bonchev–Trinajstić information content (AvgIpc) is 3.21. The Morgan fingerprint density at radius 1 is 0.786 bits per heavy atom. The monoisotopic (exact) mass is 380 g/mol. The summed E-state index contributed by atoms with van der Waals surface area (Å²) in [5.74, 6) is 1.03. The number of carbonyl (C=O) groups is 2. The highest BCUT2D eigenvalue weighted by molar-refractivity contribution is 5.92. The van der Waals surface area contributed by atoms with Crippen LogP contribution in [-0.4, -0.2) is 18.4 Å². The van der Waals surface area contributed by atoms with Gasteiger partial charge in [-0.15, -0.1) is 0 Å². The first-order valence-corrected chi connectivity index (χ1v) is 8.74. The molecule has 0 unspecified atom stereocenters. The minimum Gasteiger partial charge on any atom is -0.493 e. The zero-order valence-corrected chi connectivity index (χ0v) is 15.1. The van der Waals surface area contributed by atoms with Gasteiger partial charge in [0.2, 0.25) is 5.91 Å². The minimum atomic E-state index is -0.553. The summed E-state index contributed by atoms with van der Waals surface area (Å²) in [6.45, 7) is 0.397. The third-order valence-corrected chi connectivity index (χ3v) is 3.67. The van der Waals surface area contributed by atoms with E-state index in [0.717, 1.165) is 0 Å². The molecule has 7 nitrogen and oxygen atoms in total. The van der Waals surface area contributed by atoms with Gasteiger partial charge < -0.3 is 13.9 Å². The molecule has 0 aliphatic heterocycles. The maximum absolute atomic E-state index is 12.0. The summed E-state index contributed by atoms with van der Waals surface area (Å²) in [4.78, 5) is 23.8. The second-order valence-corrected chi connectivity index (χ2v) is 5.78. The molecule has 0 spiro atoms. The number of nitrogens with one attached hydrogen (secondary N) is 2. The Bertz CT molecular complexity index is 893. The summed E-state index contributed by atoms with van der Waals surface area (Å²) in [6, 6.07) is 21.6. The number of amides is 2. The van der Waals surface area contributed by atoms with E-state index in [9.17, 15) is 9.59 Å². The van der Waals surface area contributed by atoms with Gasteiger partial charge in [-0.05, 0) is 36.4 Å². The predicted octanol–water partition coefficient (Wildman–Crippen LogP) is 3.09. The lowest BCUT2D eigenvalue weighted by Crippen LogP contribution is -2.41. The van der Waals surface area contributed by atoms with Gasteiger partial charge in [-0.25, -0.2) is 0 Å². The third kappa shape index (κ3) is 5.91. The normalized spacial score (nSPS) is 10.1. The molecule has 2 N–H and O–H groups in total. The SMILES string of the molecule is O=C(CCOc1ccccc1)NNC(=O)c1ccc(COc2ccccc2)o1. The van der Waals surface area contributed by atoms with Crippen LogP contribution in [0.3, 0.4) is 0 Å². The van der Waals surface area contributed by atoms with Gasteiger partial charge in [0.25, 0.3) is 0 Å². The van der Waals surface area contributed by atoms with Crippen molar-refractivity contribution in [2.45, 2.75) is 13.0 Å². The highest BCUT2D eigenvalue weighted by Gasteiger charge is 2.12. The van der Waals surface area contributed by atoms with E-state index < -0.39 is 5.91 Å². The van der Waals surface area contributed by atoms with Crippen molar-refractivity contribution in [1.82, 2.24) is 10.9 Å². The Morgan fingerprint density at radius 3 is 2.11 bits per heavy atom. The van der Waals surface area contributed by atoms with Crippen LogP contribution in [0.2, 0.25) is 0 Å². The molecular formula is C21H20N2O5. The van der Waals surface area contributed by atoms with E-state index in [1.54, 1.807) is 18.2 Å². The van der Waals surface area contributed by atoms with E-state index in [2.05, 4.69) is 10.9 Å². The number of hydrogen-bond acceptors (Lipinski definition) is 5. The van der Waals surface area contributed by atoms with Crippen molar-refractivity contribution in [1.29, 1.82) is 0 Å². The number of benzene rings is 2. The molecule has 144 valence electrons. The molecule has 0 bridgehead atoms. The highest BCUT2D eigenvalue weighted by Crippen LogP contribution is 2.14. The van der Waals surface area contributed by atoms with Crippen LogP contribution in [0, 0.1) is 0 Å². The van der Waals surface area contributed by atoms with Crippen LogP contribution in [-0.2, 0) is 11.4 Å². The molecule has 28 heavy (non-hydrogen) atoms. The first-order chi connectivity index (χ1) is 13.7. The lowest BCUT2D eigenvalue weighted by Gasteiger charge is -2.07. The summed E-state index contributed by atoms with van der Waals surface area (Å²) in [6.07, 6.45) is 0.101. The molecule has 3 aromatic rings. The zero-order valence-electron chi connectivity index (χ0n) is 15.1. The Labute approximate surface area is 162 Å². The molecule has 0 saturated heterocycles. The van der Waals surface area contributed by atoms with Gasteiger partial charge in [0.15, 0.2) is 5.76 Å². The number of hydrazine groups is 1. The molecule has 3 rings (SSSR count). The van der Waals surface area contributed by atoms with Crippen LogP contribution in [0.4, 0.5) is 0 Å². The Kier molecular flexibility index (Phi) is 6.67. The summed E-state index contributed by atoms with van der Waals surface area (Å²) < 4.78 is 16.4. The fourth-order valence-corrected chi connectivity index (χ4v) is 2.28. The fraction of sp³-hybridized carbons (Fsp3) is 0.143. The summed E-state index contributed by atoms with van der Waals surface area (Å²) >= 11 is 0. The van der Waals surface area contributed by atoms with Crippen LogP contribution < -0.4 is 20.3 Å². The fourth-order valence-electron chi connectivity index (χ4n) is 2.28. The van der Waals surface area contributed by atoms with Gasteiger partial charge >= 0.3 is 5.91 Å². The van der Waals surface area contributed by atoms with E-state index in [-0.39, 0.29) is 31.3 Å². The Morgan fingerprint density at radius 2 is 1.43 bits per heavy atom. The topological polar surface area (TPSA) is 89.8 Å². The minimum absolute atomic E-state index is 0.0764. The first kappa shape index (κ1) is 19.0. The molecule has 0 radical (unpaired) electrons.